The molecule has 0 bridgehead atoms. The lowest BCUT2D eigenvalue weighted by molar-refractivity contribution is -0.492. The lowest BCUT2D eigenvalue weighted by atomic mass is 9.44. The number of ether oxygens (including phenoxy) is 3. The van der Waals surface area contributed by atoms with E-state index in [-0.39, 0.29) is 31.8 Å². The van der Waals surface area contributed by atoms with Crippen LogP contribution in [0.25, 0.3) is 0 Å². The molecule has 0 heterocycles. The number of alkyl halides is 1. The van der Waals surface area contributed by atoms with E-state index in [9.17, 15) is 24.3 Å². The van der Waals surface area contributed by atoms with Gasteiger partial charge in [-0.05, 0) is 69.9 Å². The fourth-order valence-corrected chi connectivity index (χ4v) is 8.73. The van der Waals surface area contributed by atoms with Crippen LogP contribution in [0, 0.1) is 28.6 Å². The van der Waals surface area contributed by atoms with Crippen LogP contribution in [0.3, 0.4) is 0 Å². The molecule has 3 N–H and O–H groups in total. The molecule has 4 rings (SSSR count). The SMILES string of the molecule is CCCCC(=O)O[C@]1(C(=O)COC(=O)OCCCCON(O)O)[C@@H](C)C[C@H]2C3CCC4=CC(=O)C=C[C@]4(C)[C@@]3(F)[C@@H](O)C[C@@]21C. The monoisotopic (exact) mass is 639 g/mol. The summed E-state index contributed by atoms with van der Waals surface area (Å²) in [6, 6.07) is 0. The molecule has 0 radical (unpaired) electrons. The maximum Gasteiger partial charge on any atom is 0.508 e. The van der Waals surface area contributed by atoms with E-state index >= 15 is 4.39 Å². The summed E-state index contributed by atoms with van der Waals surface area (Å²) in [5.41, 5.74) is -5.67. The number of aliphatic hydroxyl groups excluding tert-OH is 1. The Morgan fingerprint density at radius 2 is 1.80 bits per heavy atom. The van der Waals surface area contributed by atoms with Crippen molar-refractivity contribution in [2.24, 2.45) is 28.6 Å². The highest BCUT2D eigenvalue weighted by atomic mass is 19.1. The number of hydrogen-bond donors (Lipinski definition) is 3. The van der Waals surface area contributed by atoms with Gasteiger partial charge in [0, 0.05) is 29.1 Å². The first-order chi connectivity index (χ1) is 21.2. The minimum atomic E-state index is -2.12. The van der Waals surface area contributed by atoms with Crippen molar-refractivity contribution < 1.29 is 58.1 Å². The Kier molecular flexibility index (Phi) is 10.6. The minimum absolute atomic E-state index is 0.0361. The van der Waals surface area contributed by atoms with Crippen molar-refractivity contribution in [2.45, 2.75) is 103 Å². The number of Topliss-reactive ketones (excluding diaryl/α,β-unsaturated/α-hetero) is 1. The van der Waals surface area contributed by atoms with Crippen LogP contribution >= 0.6 is 0 Å². The van der Waals surface area contributed by atoms with Crippen molar-refractivity contribution in [3.63, 3.8) is 0 Å². The zero-order valence-electron chi connectivity index (χ0n) is 26.5. The van der Waals surface area contributed by atoms with E-state index in [4.69, 9.17) is 24.6 Å². The predicted octanol–water partition coefficient (Wildman–Crippen LogP) is 4.59. The number of carbonyl (C=O) groups excluding carboxylic acids is 4. The van der Waals surface area contributed by atoms with Gasteiger partial charge in [0.15, 0.2) is 23.7 Å². The molecule has 0 aromatic carbocycles. The van der Waals surface area contributed by atoms with E-state index in [1.807, 2.05) is 6.92 Å². The second-order valence-corrected chi connectivity index (χ2v) is 13.3. The van der Waals surface area contributed by atoms with Gasteiger partial charge < -0.3 is 19.3 Å². The maximum atomic E-state index is 17.6. The lowest BCUT2D eigenvalue weighted by Gasteiger charge is -2.62. The van der Waals surface area contributed by atoms with Gasteiger partial charge >= 0.3 is 12.1 Å². The van der Waals surface area contributed by atoms with E-state index in [1.165, 1.54) is 12.2 Å². The van der Waals surface area contributed by atoms with Gasteiger partial charge in [0.1, 0.15) is 0 Å². The third kappa shape index (κ3) is 6.09. The maximum absolute atomic E-state index is 17.6. The number of ketones is 2. The molecule has 13 heteroatoms. The number of unbranched alkanes of at least 4 members (excludes halogenated alkanes) is 2. The number of hydrogen-bond acceptors (Lipinski definition) is 12. The molecule has 252 valence electrons. The second kappa shape index (κ2) is 13.6. The predicted molar refractivity (Wildman–Crippen MR) is 154 cm³/mol. The molecule has 0 amide bonds. The van der Waals surface area contributed by atoms with E-state index in [0.717, 1.165) is 6.42 Å². The first-order valence-electron chi connectivity index (χ1n) is 15.8. The Bertz CT molecular complexity index is 1220. The van der Waals surface area contributed by atoms with Gasteiger partial charge in [-0.25, -0.2) is 9.18 Å². The fourth-order valence-electron chi connectivity index (χ4n) is 8.73. The van der Waals surface area contributed by atoms with Gasteiger partial charge in [-0.3, -0.25) is 29.6 Å². The number of halogens is 1. The van der Waals surface area contributed by atoms with Crippen LogP contribution in [-0.4, -0.2) is 81.8 Å². The van der Waals surface area contributed by atoms with Crippen LogP contribution in [0.4, 0.5) is 9.18 Å². The summed E-state index contributed by atoms with van der Waals surface area (Å²) in [6.45, 7) is 6.30. The molecule has 4 aliphatic rings. The molecule has 0 aromatic rings. The molecular weight excluding hydrogens is 593 g/mol. The molecule has 4 aliphatic carbocycles. The third-order valence-electron chi connectivity index (χ3n) is 10.9. The number of rotatable bonds is 13. The third-order valence-corrected chi connectivity index (χ3v) is 10.9. The number of nitrogens with zero attached hydrogens (tertiary/aromatic N) is 1. The van der Waals surface area contributed by atoms with Gasteiger partial charge in [0.25, 0.3) is 0 Å². The molecule has 0 saturated heterocycles. The largest absolute Gasteiger partial charge is 0.508 e. The molecule has 8 atom stereocenters. The van der Waals surface area contributed by atoms with Crippen molar-refractivity contribution in [3.05, 3.63) is 23.8 Å². The number of esters is 1. The highest BCUT2D eigenvalue weighted by molar-refractivity contribution is 6.01. The van der Waals surface area contributed by atoms with Crippen LogP contribution in [0.15, 0.2) is 23.8 Å². The first-order valence-corrected chi connectivity index (χ1v) is 15.8. The number of carbonyl (C=O) groups is 4. The molecule has 1 unspecified atom stereocenters. The topological polar surface area (TPSA) is 169 Å². The van der Waals surface area contributed by atoms with Crippen LogP contribution in [0.2, 0.25) is 0 Å². The Morgan fingerprint density at radius 1 is 1.09 bits per heavy atom. The summed E-state index contributed by atoms with van der Waals surface area (Å²) < 4.78 is 33.9. The molecular formula is C32H46FNO11. The molecule has 45 heavy (non-hydrogen) atoms. The molecule has 3 fully saturated rings. The van der Waals surface area contributed by atoms with Crippen LogP contribution < -0.4 is 0 Å². The Morgan fingerprint density at radius 3 is 2.49 bits per heavy atom. The highest BCUT2D eigenvalue weighted by Crippen LogP contribution is 2.71. The lowest BCUT2D eigenvalue weighted by Crippen LogP contribution is -2.70. The van der Waals surface area contributed by atoms with Crippen molar-refractivity contribution in [3.8, 4) is 0 Å². The minimum Gasteiger partial charge on any atom is -0.450 e. The second-order valence-electron chi connectivity index (χ2n) is 13.3. The quantitative estimate of drug-likeness (QED) is 0.146. The number of aliphatic hydroxyl groups is 1. The summed E-state index contributed by atoms with van der Waals surface area (Å²) in [4.78, 5) is 56.3. The number of allylic oxidation sites excluding steroid dienone is 4. The normalized spacial score (nSPS) is 36.9. The highest BCUT2D eigenvalue weighted by Gasteiger charge is 2.77. The van der Waals surface area contributed by atoms with Crippen LogP contribution in [-0.2, 0) is 33.4 Å². The molecule has 12 nitrogen and oxygen atoms in total. The van der Waals surface area contributed by atoms with E-state index in [2.05, 4.69) is 4.84 Å². The molecule has 0 aromatic heterocycles. The van der Waals surface area contributed by atoms with E-state index < -0.39 is 75.9 Å². The summed E-state index contributed by atoms with van der Waals surface area (Å²) in [5.74, 6) is -3.21. The Hall–Kier alpha value is -2.71. The fraction of sp³-hybridized carbons (Fsp3) is 0.750. The first kappa shape index (κ1) is 35.1. The Balaban J connectivity index is 1.58. The molecule has 0 aliphatic heterocycles. The average molecular weight is 640 g/mol. The van der Waals surface area contributed by atoms with Gasteiger partial charge in [-0.1, -0.05) is 38.8 Å². The van der Waals surface area contributed by atoms with Gasteiger partial charge in [-0.2, -0.15) is 0 Å². The van der Waals surface area contributed by atoms with Crippen LogP contribution in [0.1, 0.15) is 85.5 Å². The molecule has 0 spiro atoms. The van der Waals surface area contributed by atoms with Crippen LogP contribution in [0.5, 0.6) is 0 Å². The number of fused-ring (bicyclic) bond motifs is 5. The zero-order valence-corrected chi connectivity index (χ0v) is 26.5. The van der Waals surface area contributed by atoms with Gasteiger partial charge in [-0.15, -0.1) is 0 Å². The van der Waals surface area contributed by atoms with E-state index in [1.54, 1.807) is 26.8 Å². The van der Waals surface area contributed by atoms with Crippen molar-refractivity contribution in [1.82, 2.24) is 5.39 Å². The Labute approximate surface area is 262 Å². The summed E-state index contributed by atoms with van der Waals surface area (Å²) >= 11 is 0. The smallest absolute Gasteiger partial charge is 0.450 e. The standard InChI is InChI=1S/C32H46FNO11/c1-5-6-9-27(38)45-32(26(37)19-43-28(39)42-14-7-8-15-44-34(40)41)20(2)16-24-23-11-10-21-17-22(35)12-13-29(21,3)31(23,33)25(36)18-30(24,32)4/h12-13,17,20,23-25,36,40-41H,5-11,14-16,18-19H2,1-4H3/t20-,23?,24-,25-,29-,30-,31-,32-/m0/s1. The van der Waals surface area contributed by atoms with Gasteiger partial charge in [0.05, 0.1) is 24.7 Å². The summed E-state index contributed by atoms with van der Waals surface area (Å²) in [7, 11) is 0. The summed E-state index contributed by atoms with van der Waals surface area (Å²) in [5, 5.41) is 28.4. The van der Waals surface area contributed by atoms with Gasteiger partial charge in [0.2, 0.25) is 5.78 Å². The van der Waals surface area contributed by atoms with E-state index in [0.29, 0.717) is 44.1 Å². The van der Waals surface area contributed by atoms with Crippen molar-refractivity contribution in [2.75, 3.05) is 19.8 Å². The van der Waals surface area contributed by atoms with Crippen molar-refractivity contribution >= 4 is 23.7 Å². The average Bonchev–Trinajstić information content (AvgIpc) is 3.19. The molecule has 3 saturated carbocycles. The van der Waals surface area contributed by atoms with Crippen molar-refractivity contribution in [1.29, 1.82) is 0 Å². The summed E-state index contributed by atoms with van der Waals surface area (Å²) in [6.07, 6.45) is 4.65. The zero-order chi connectivity index (χ0) is 33.2.